The van der Waals surface area contributed by atoms with E-state index in [1.165, 1.54) is 6.07 Å². The van der Waals surface area contributed by atoms with Crippen LogP contribution >= 0.6 is 34.2 Å². The summed E-state index contributed by atoms with van der Waals surface area (Å²) in [6.45, 7) is 0. The number of anilines is 1. The Bertz CT molecular complexity index is 577. The predicted molar refractivity (Wildman–Crippen MR) is 72.2 cm³/mol. The lowest BCUT2D eigenvalue weighted by Gasteiger charge is -2.10. The number of fused-ring (bicyclic) bond motifs is 1. The molecule has 0 radical (unpaired) electrons. The van der Waals surface area contributed by atoms with Gasteiger partial charge in [-0.3, -0.25) is 5.84 Å². The topological polar surface area (TPSA) is 50.9 Å². The van der Waals surface area contributed by atoms with Crippen molar-refractivity contribution in [3.63, 3.8) is 0 Å². The first-order valence-corrected chi connectivity index (χ1v) is 6.03. The van der Waals surface area contributed by atoms with E-state index in [0.717, 1.165) is 0 Å². The van der Waals surface area contributed by atoms with Gasteiger partial charge in [0.05, 0.1) is 11.2 Å². The Morgan fingerprint density at radius 2 is 2.06 bits per heavy atom. The molecule has 0 aliphatic carbocycles. The summed E-state index contributed by atoms with van der Waals surface area (Å²) in [5, 5.41) is 1.12. The Balaban J connectivity index is 2.82. The van der Waals surface area contributed by atoms with E-state index < -0.39 is 6.43 Å². The Kier molecular flexibility index (Phi) is 3.64. The molecule has 1 aromatic heterocycles. The summed E-state index contributed by atoms with van der Waals surface area (Å²) in [4.78, 5) is 3.91. The van der Waals surface area contributed by atoms with Crippen molar-refractivity contribution in [1.82, 2.24) is 4.98 Å². The zero-order chi connectivity index (χ0) is 12.6. The zero-order valence-corrected chi connectivity index (χ0v) is 11.3. The molecule has 3 nitrogen and oxygen atoms in total. The van der Waals surface area contributed by atoms with Crippen LogP contribution in [0.3, 0.4) is 0 Å². The number of benzene rings is 1. The molecule has 0 aliphatic heterocycles. The van der Waals surface area contributed by atoms with E-state index in [-0.39, 0.29) is 5.69 Å². The second-order valence-electron chi connectivity index (χ2n) is 3.32. The molecule has 0 saturated heterocycles. The number of nitrogens with two attached hydrogens (primary N) is 1. The highest BCUT2D eigenvalue weighted by atomic mass is 127. The minimum Gasteiger partial charge on any atom is -0.323 e. The zero-order valence-electron chi connectivity index (χ0n) is 8.35. The van der Waals surface area contributed by atoms with Gasteiger partial charge in [0.25, 0.3) is 6.43 Å². The number of hydrogen-bond acceptors (Lipinski definition) is 3. The van der Waals surface area contributed by atoms with Crippen LogP contribution in [0, 0.1) is 3.57 Å². The average Bonchev–Trinajstić information content (AvgIpc) is 2.27. The number of alkyl halides is 2. The van der Waals surface area contributed by atoms with Crippen molar-refractivity contribution >= 4 is 50.8 Å². The monoisotopic (exact) mass is 369 g/mol. The SMILES string of the molecule is NNc1cc(C(F)F)nc2c(I)cc(Cl)cc12. The first kappa shape index (κ1) is 12.7. The molecule has 3 N–H and O–H groups in total. The van der Waals surface area contributed by atoms with Crippen molar-refractivity contribution in [3.8, 4) is 0 Å². The molecule has 1 aromatic carbocycles. The van der Waals surface area contributed by atoms with Crippen LogP contribution in [0.2, 0.25) is 5.02 Å². The van der Waals surface area contributed by atoms with E-state index >= 15 is 0 Å². The largest absolute Gasteiger partial charge is 0.323 e. The summed E-state index contributed by atoms with van der Waals surface area (Å²) in [6.07, 6.45) is -2.64. The molecule has 0 spiro atoms. The third-order valence-electron chi connectivity index (χ3n) is 2.23. The fraction of sp³-hybridized carbons (Fsp3) is 0.100. The highest BCUT2D eigenvalue weighted by Gasteiger charge is 2.14. The minimum atomic E-state index is -2.64. The first-order chi connectivity index (χ1) is 8.02. The first-order valence-electron chi connectivity index (χ1n) is 4.57. The number of nitrogens with one attached hydrogen (secondary N) is 1. The van der Waals surface area contributed by atoms with Crippen LogP contribution < -0.4 is 11.3 Å². The van der Waals surface area contributed by atoms with Crippen LogP contribution in [0.1, 0.15) is 12.1 Å². The molecule has 2 rings (SSSR count). The molecular weight excluding hydrogens is 362 g/mol. The molecule has 2 aromatic rings. The maximum absolute atomic E-state index is 12.7. The molecule has 90 valence electrons. The van der Waals surface area contributed by atoms with Gasteiger partial charge in [-0.2, -0.15) is 0 Å². The van der Waals surface area contributed by atoms with Crippen LogP contribution in [0.25, 0.3) is 10.9 Å². The van der Waals surface area contributed by atoms with Gasteiger partial charge in [0.1, 0.15) is 5.69 Å². The van der Waals surface area contributed by atoms with E-state index in [2.05, 4.69) is 10.4 Å². The number of rotatable bonds is 2. The summed E-state index contributed by atoms with van der Waals surface area (Å²) < 4.78 is 26.0. The number of hydrogen-bond donors (Lipinski definition) is 2. The van der Waals surface area contributed by atoms with Gasteiger partial charge in [-0.1, -0.05) is 11.6 Å². The summed E-state index contributed by atoms with van der Waals surface area (Å²) >= 11 is 7.90. The highest BCUT2D eigenvalue weighted by Crippen LogP contribution is 2.32. The van der Waals surface area contributed by atoms with Crippen molar-refractivity contribution in [2.45, 2.75) is 6.43 Å². The van der Waals surface area contributed by atoms with E-state index in [1.54, 1.807) is 12.1 Å². The highest BCUT2D eigenvalue weighted by molar-refractivity contribution is 14.1. The van der Waals surface area contributed by atoms with Crippen LogP contribution in [-0.2, 0) is 0 Å². The van der Waals surface area contributed by atoms with E-state index in [0.29, 0.717) is 25.2 Å². The summed E-state index contributed by atoms with van der Waals surface area (Å²) in [6, 6.07) is 4.52. The maximum atomic E-state index is 12.7. The molecule has 0 bridgehead atoms. The molecule has 17 heavy (non-hydrogen) atoms. The van der Waals surface area contributed by atoms with Crippen molar-refractivity contribution in [3.05, 3.63) is 32.5 Å². The van der Waals surface area contributed by atoms with E-state index in [9.17, 15) is 8.78 Å². The third kappa shape index (κ3) is 2.43. The fourth-order valence-electron chi connectivity index (χ4n) is 1.50. The van der Waals surface area contributed by atoms with Gasteiger partial charge in [-0.05, 0) is 40.8 Å². The van der Waals surface area contributed by atoms with Gasteiger partial charge >= 0.3 is 0 Å². The number of nitrogens with zero attached hydrogens (tertiary/aromatic N) is 1. The Morgan fingerprint density at radius 3 is 2.65 bits per heavy atom. The lowest BCUT2D eigenvalue weighted by molar-refractivity contribution is 0.146. The number of hydrazine groups is 1. The van der Waals surface area contributed by atoms with Crippen molar-refractivity contribution in [1.29, 1.82) is 0 Å². The molecule has 0 unspecified atom stereocenters. The number of pyridine rings is 1. The Hall–Kier alpha value is -0.730. The molecule has 0 amide bonds. The Morgan fingerprint density at radius 1 is 1.35 bits per heavy atom. The normalized spacial score (nSPS) is 11.2. The van der Waals surface area contributed by atoms with Crippen LogP contribution in [0.4, 0.5) is 14.5 Å². The maximum Gasteiger partial charge on any atom is 0.280 e. The van der Waals surface area contributed by atoms with Crippen molar-refractivity contribution in [2.24, 2.45) is 5.84 Å². The van der Waals surface area contributed by atoms with Crippen molar-refractivity contribution in [2.75, 3.05) is 5.43 Å². The quantitative estimate of drug-likeness (QED) is 0.482. The molecule has 7 heteroatoms. The molecule has 0 saturated carbocycles. The summed E-state index contributed by atoms with van der Waals surface area (Å²) in [7, 11) is 0. The summed E-state index contributed by atoms with van der Waals surface area (Å²) in [5.41, 5.74) is 2.91. The Labute approximate surface area is 114 Å². The molecule has 0 atom stereocenters. The third-order valence-corrected chi connectivity index (χ3v) is 3.27. The van der Waals surface area contributed by atoms with E-state index in [1.807, 2.05) is 22.6 Å². The lowest BCUT2D eigenvalue weighted by atomic mass is 10.1. The molecule has 1 heterocycles. The number of nitrogen functional groups attached to an aromatic ring is 1. The van der Waals surface area contributed by atoms with Crippen LogP contribution in [0.5, 0.6) is 0 Å². The molecular formula is C10H7ClF2IN3. The minimum absolute atomic E-state index is 0.314. The van der Waals surface area contributed by atoms with Gasteiger partial charge in [-0.25, -0.2) is 13.8 Å². The average molecular weight is 370 g/mol. The summed E-state index contributed by atoms with van der Waals surface area (Å²) in [5.74, 6) is 5.32. The predicted octanol–water partition coefficient (Wildman–Crippen LogP) is 3.72. The lowest BCUT2D eigenvalue weighted by Crippen LogP contribution is -2.09. The van der Waals surface area contributed by atoms with Gasteiger partial charge in [0.15, 0.2) is 0 Å². The fourth-order valence-corrected chi connectivity index (χ4v) is 2.65. The molecule has 0 aliphatic rings. The van der Waals surface area contributed by atoms with Crippen LogP contribution in [-0.4, -0.2) is 4.98 Å². The number of halogens is 4. The van der Waals surface area contributed by atoms with E-state index in [4.69, 9.17) is 17.4 Å². The second-order valence-corrected chi connectivity index (χ2v) is 4.92. The molecule has 0 fully saturated rings. The van der Waals surface area contributed by atoms with Gasteiger partial charge in [0.2, 0.25) is 0 Å². The van der Waals surface area contributed by atoms with Gasteiger partial charge < -0.3 is 5.43 Å². The van der Waals surface area contributed by atoms with Gasteiger partial charge in [0, 0.05) is 14.0 Å². The second kappa shape index (κ2) is 4.87. The van der Waals surface area contributed by atoms with Gasteiger partial charge in [-0.15, -0.1) is 0 Å². The standard InChI is InChI=1S/C10H7ClF2IN3/c11-4-1-5-7(17-15)3-8(10(12)13)16-9(5)6(14)2-4/h1-3,10H,15H2,(H,16,17). The van der Waals surface area contributed by atoms with Crippen LogP contribution in [0.15, 0.2) is 18.2 Å². The van der Waals surface area contributed by atoms with Crippen molar-refractivity contribution < 1.29 is 8.78 Å². The smallest absolute Gasteiger partial charge is 0.280 e. The number of aromatic nitrogens is 1.